The highest BCUT2D eigenvalue weighted by atomic mass is 28.3. The third kappa shape index (κ3) is 3.29. The Morgan fingerprint density at radius 2 is 1.54 bits per heavy atom. The summed E-state index contributed by atoms with van der Waals surface area (Å²) in [6.45, 7) is 15.9. The topological polar surface area (TPSA) is 48.1 Å². The van der Waals surface area contributed by atoms with E-state index in [0.717, 1.165) is 0 Å². The number of carbonyl (C=O) groups excluding carboxylic acids is 1. The van der Waals surface area contributed by atoms with Gasteiger partial charge in [-0.1, -0.05) is 54.4 Å². The van der Waals surface area contributed by atoms with Gasteiger partial charge >= 0.3 is 5.97 Å². The minimum atomic E-state index is -1.81. The minimum absolute atomic E-state index is 0.0652. The van der Waals surface area contributed by atoms with Gasteiger partial charge in [0.1, 0.15) is 20.3 Å². The fraction of sp³-hybridized carbons (Fsp3) is 0.842. The molecule has 0 aromatic carbocycles. The van der Waals surface area contributed by atoms with Crippen molar-refractivity contribution in [1.29, 1.82) is 0 Å². The Kier molecular flexibility index (Phi) is 5.84. The molecular weight excluding hydrogens is 320 g/mol. The quantitative estimate of drug-likeness (QED) is 0.336. The highest BCUT2D eigenvalue weighted by Gasteiger charge is 2.58. The summed E-state index contributed by atoms with van der Waals surface area (Å²) in [4.78, 5) is 11.9. The molecule has 2 aliphatic heterocycles. The Bertz CT molecular complexity index is 509. The molecule has 136 valence electrons. The molecule has 0 unspecified atom stereocenters. The van der Waals surface area contributed by atoms with Crippen LogP contribution in [0.2, 0.25) is 16.6 Å². The van der Waals surface area contributed by atoms with Gasteiger partial charge in [0.15, 0.2) is 6.10 Å². The summed E-state index contributed by atoms with van der Waals surface area (Å²) in [6, 6.07) is 0. The maximum absolute atomic E-state index is 11.9. The molecule has 2 aliphatic rings. The van der Waals surface area contributed by atoms with Crippen molar-refractivity contribution in [3.8, 4) is 11.5 Å². The predicted molar refractivity (Wildman–Crippen MR) is 97.3 cm³/mol. The molecule has 0 bridgehead atoms. The van der Waals surface area contributed by atoms with E-state index in [1.54, 1.807) is 0 Å². The average Bonchev–Trinajstić information content (AvgIpc) is 3.29. The molecule has 0 aromatic rings. The van der Waals surface area contributed by atoms with Crippen molar-refractivity contribution in [1.82, 2.24) is 0 Å². The second-order valence-corrected chi connectivity index (χ2v) is 13.7. The van der Waals surface area contributed by atoms with Crippen molar-refractivity contribution in [2.75, 3.05) is 7.11 Å². The zero-order valence-corrected chi connectivity index (χ0v) is 17.3. The smallest absolute Gasteiger partial charge is 0.337 e. The van der Waals surface area contributed by atoms with Gasteiger partial charge in [0.2, 0.25) is 0 Å². The summed E-state index contributed by atoms with van der Waals surface area (Å²) in [5.74, 6) is 3.25. The van der Waals surface area contributed by atoms with Gasteiger partial charge in [0, 0.05) is 5.92 Å². The van der Waals surface area contributed by atoms with Crippen molar-refractivity contribution < 1.29 is 19.0 Å². The van der Waals surface area contributed by atoms with Crippen LogP contribution in [0.25, 0.3) is 0 Å². The number of hydrogen-bond donors (Lipinski definition) is 0. The molecule has 0 aromatic heterocycles. The highest BCUT2D eigenvalue weighted by molar-refractivity contribution is 6.90. The molecule has 4 nitrogen and oxygen atoms in total. The lowest BCUT2D eigenvalue weighted by Gasteiger charge is -2.38. The van der Waals surface area contributed by atoms with E-state index in [4.69, 9.17) is 14.2 Å². The third-order valence-electron chi connectivity index (χ3n) is 5.88. The Labute approximate surface area is 147 Å². The average molecular weight is 353 g/mol. The van der Waals surface area contributed by atoms with Crippen LogP contribution in [0.5, 0.6) is 0 Å². The number of methoxy groups -OCH3 is 1. The standard InChI is InChI=1S/C19H32O4Si/c1-11(2)24(12(3)4,13(5)6)10-9-15-14(7)16-17(23-16)18(22-15)19(20)21-8/h11-18H,1-8H3/t14-,15+,16+,17+,18+/m1/s1. The Morgan fingerprint density at radius 1 is 1.00 bits per heavy atom. The van der Waals surface area contributed by atoms with Crippen LogP contribution < -0.4 is 0 Å². The molecule has 0 aliphatic carbocycles. The van der Waals surface area contributed by atoms with E-state index in [2.05, 4.69) is 59.9 Å². The van der Waals surface area contributed by atoms with Crippen LogP contribution in [-0.4, -0.2) is 45.6 Å². The van der Waals surface area contributed by atoms with E-state index in [1.165, 1.54) is 7.11 Å². The molecule has 2 heterocycles. The number of rotatable bonds is 4. The minimum Gasteiger partial charge on any atom is -0.467 e. The lowest BCUT2D eigenvalue weighted by molar-refractivity contribution is -0.160. The third-order valence-corrected chi connectivity index (χ3v) is 12.2. The zero-order valence-electron chi connectivity index (χ0n) is 16.3. The molecule has 2 saturated heterocycles. The van der Waals surface area contributed by atoms with Crippen LogP contribution in [0, 0.1) is 17.4 Å². The monoisotopic (exact) mass is 352 g/mol. The van der Waals surface area contributed by atoms with Gasteiger partial charge in [0.25, 0.3) is 0 Å². The normalized spacial score (nSPS) is 32.4. The van der Waals surface area contributed by atoms with Gasteiger partial charge in [-0.25, -0.2) is 4.79 Å². The van der Waals surface area contributed by atoms with Crippen LogP contribution in [0.1, 0.15) is 48.5 Å². The van der Waals surface area contributed by atoms with E-state index < -0.39 is 14.2 Å². The van der Waals surface area contributed by atoms with Crippen molar-refractivity contribution in [3.05, 3.63) is 0 Å². The fourth-order valence-electron chi connectivity index (χ4n) is 4.43. The Morgan fingerprint density at radius 3 is 2.00 bits per heavy atom. The van der Waals surface area contributed by atoms with Gasteiger partial charge < -0.3 is 14.2 Å². The number of esters is 1. The summed E-state index contributed by atoms with van der Waals surface area (Å²) >= 11 is 0. The first-order valence-electron chi connectivity index (χ1n) is 9.08. The lowest BCUT2D eigenvalue weighted by atomic mass is 9.93. The Balaban J connectivity index is 2.28. The second kappa shape index (κ2) is 7.19. The summed E-state index contributed by atoms with van der Waals surface area (Å²) in [6.07, 6.45) is -0.993. The van der Waals surface area contributed by atoms with Gasteiger partial charge in [0.05, 0.1) is 13.2 Å². The highest BCUT2D eigenvalue weighted by Crippen LogP contribution is 2.43. The van der Waals surface area contributed by atoms with Gasteiger partial charge in [-0.05, 0) is 16.6 Å². The predicted octanol–water partition coefficient (Wildman–Crippen LogP) is 3.55. The Hall–Kier alpha value is -0.833. The molecule has 0 N–H and O–H groups in total. The van der Waals surface area contributed by atoms with E-state index in [9.17, 15) is 4.79 Å². The molecule has 0 radical (unpaired) electrons. The van der Waals surface area contributed by atoms with Crippen molar-refractivity contribution >= 4 is 14.0 Å². The SMILES string of the molecule is COC(=O)[C@H]1O[C@@H](C#C[Si](C(C)C)(C(C)C)C(C)C)[C@@H](C)[C@@H]2O[C@@H]21. The van der Waals surface area contributed by atoms with Gasteiger partial charge in [-0.2, -0.15) is 0 Å². The number of epoxide rings is 1. The first-order valence-corrected chi connectivity index (χ1v) is 11.3. The van der Waals surface area contributed by atoms with Crippen LogP contribution in [0.4, 0.5) is 0 Å². The number of hydrogen-bond acceptors (Lipinski definition) is 4. The molecule has 0 saturated carbocycles. The summed E-state index contributed by atoms with van der Waals surface area (Å²) in [5.41, 5.74) is 5.43. The maximum atomic E-state index is 11.9. The summed E-state index contributed by atoms with van der Waals surface area (Å²) < 4.78 is 16.5. The molecule has 24 heavy (non-hydrogen) atoms. The van der Waals surface area contributed by atoms with Crippen LogP contribution in [-0.2, 0) is 19.0 Å². The first-order chi connectivity index (χ1) is 11.2. The number of ether oxygens (including phenoxy) is 3. The molecule has 5 heteroatoms. The van der Waals surface area contributed by atoms with Gasteiger partial charge in [-0.15, -0.1) is 5.54 Å². The van der Waals surface area contributed by atoms with Crippen LogP contribution in [0.15, 0.2) is 0 Å². The second-order valence-electron chi connectivity index (χ2n) is 8.09. The molecular formula is C19H32O4Si. The largest absolute Gasteiger partial charge is 0.467 e. The molecule has 0 spiro atoms. The van der Waals surface area contributed by atoms with E-state index >= 15 is 0 Å². The molecule has 0 amide bonds. The molecule has 5 atom stereocenters. The van der Waals surface area contributed by atoms with E-state index in [0.29, 0.717) is 16.6 Å². The summed E-state index contributed by atoms with van der Waals surface area (Å²) in [7, 11) is -0.420. The fourth-order valence-corrected chi connectivity index (χ4v) is 9.69. The van der Waals surface area contributed by atoms with E-state index in [1.807, 2.05) is 0 Å². The molecule has 2 fully saturated rings. The van der Waals surface area contributed by atoms with Crippen LogP contribution in [0.3, 0.4) is 0 Å². The number of fused-ring (bicyclic) bond motifs is 1. The van der Waals surface area contributed by atoms with E-state index in [-0.39, 0.29) is 30.2 Å². The molecule has 2 rings (SSSR count). The number of carbonyl (C=O) groups is 1. The zero-order chi connectivity index (χ0) is 18.2. The summed E-state index contributed by atoms with van der Waals surface area (Å²) in [5, 5.41) is 0. The van der Waals surface area contributed by atoms with Crippen molar-refractivity contribution in [2.24, 2.45) is 5.92 Å². The first kappa shape index (κ1) is 19.5. The maximum Gasteiger partial charge on any atom is 0.337 e. The van der Waals surface area contributed by atoms with Gasteiger partial charge in [-0.3, -0.25) is 0 Å². The van der Waals surface area contributed by atoms with Crippen LogP contribution >= 0.6 is 0 Å². The lowest BCUT2D eigenvalue weighted by Crippen LogP contribution is -2.46. The van der Waals surface area contributed by atoms with Crippen molar-refractivity contribution in [3.63, 3.8) is 0 Å². The van der Waals surface area contributed by atoms with Crippen molar-refractivity contribution in [2.45, 2.75) is 89.5 Å².